The molecule has 0 aliphatic carbocycles. The van der Waals surface area contributed by atoms with Crippen molar-refractivity contribution in [1.82, 2.24) is 5.32 Å². The van der Waals surface area contributed by atoms with Crippen molar-refractivity contribution in [1.29, 1.82) is 0 Å². The van der Waals surface area contributed by atoms with E-state index in [1.807, 2.05) is 0 Å². The van der Waals surface area contributed by atoms with Gasteiger partial charge in [-0.05, 0) is 70.6 Å². The van der Waals surface area contributed by atoms with Gasteiger partial charge in [0.2, 0.25) is 5.91 Å². The van der Waals surface area contributed by atoms with Crippen LogP contribution in [0, 0.1) is 0 Å². The minimum absolute atomic E-state index is 0.213. The van der Waals surface area contributed by atoms with Gasteiger partial charge in [0, 0.05) is 0 Å². The summed E-state index contributed by atoms with van der Waals surface area (Å²) >= 11 is 0. The Balaban J connectivity index is 2.63. The summed E-state index contributed by atoms with van der Waals surface area (Å²) < 4.78 is 47.5. The molecule has 0 aromatic heterocycles. The molecule has 0 bridgehead atoms. The van der Waals surface area contributed by atoms with Gasteiger partial charge in [-0.2, -0.15) is 8.42 Å². The Morgan fingerprint density at radius 1 is 0.661 bits per heavy atom. The number of aliphatic hydroxyl groups is 5. The van der Waals surface area contributed by atoms with Gasteiger partial charge in [0.15, 0.2) is 6.29 Å². The molecular formula is C48H85NO12S. The number of carbonyl (C=O) groups excluding carboxylic acids is 1. The minimum Gasteiger partial charge on any atom is -0.394 e. The van der Waals surface area contributed by atoms with Crippen LogP contribution in [0.2, 0.25) is 0 Å². The summed E-state index contributed by atoms with van der Waals surface area (Å²) in [6.45, 7) is 3.14. The Hall–Kier alpha value is -2.24. The van der Waals surface area contributed by atoms with E-state index in [0.29, 0.717) is 12.8 Å². The van der Waals surface area contributed by atoms with Crippen molar-refractivity contribution in [2.75, 3.05) is 13.2 Å². The highest BCUT2D eigenvalue weighted by molar-refractivity contribution is 7.80. The number of unbranched alkanes of at least 4 members (excludes halogenated alkanes) is 19. The topological polar surface area (TPSA) is 212 Å². The second-order valence-corrected chi connectivity index (χ2v) is 17.5. The molecule has 0 aromatic carbocycles. The highest BCUT2D eigenvalue weighted by atomic mass is 32.3. The fraction of sp³-hybridized carbons (Fsp3) is 0.771. The number of rotatable bonds is 39. The molecule has 0 spiro atoms. The van der Waals surface area contributed by atoms with Gasteiger partial charge in [0.05, 0.1) is 25.4 Å². The number of carbonyl (C=O) groups is 1. The average molecular weight is 900 g/mol. The van der Waals surface area contributed by atoms with E-state index in [2.05, 4.69) is 72.0 Å². The van der Waals surface area contributed by atoms with Crippen molar-refractivity contribution in [3.63, 3.8) is 0 Å². The molecule has 13 nitrogen and oxygen atoms in total. The van der Waals surface area contributed by atoms with Gasteiger partial charge in [-0.25, -0.2) is 4.18 Å². The molecule has 0 radical (unpaired) electrons. The monoisotopic (exact) mass is 900 g/mol. The Morgan fingerprint density at radius 2 is 1.13 bits per heavy atom. The number of hydrogen-bond acceptors (Lipinski definition) is 11. The van der Waals surface area contributed by atoms with Gasteiger partial charge < -0.3 is 40.3 Å². The van der Waals surface area contributed by atoms with E-state index in [1.165, 1.54) is 83.1 Å². The summed E-state index contributed by atoms with van der Waals surface area (Å²) in [7, 11) is -5.13. The second kappa shape index (κ2) is 38.1. The number of hydrogen-bond donors (Lipinski definition) is 7. The first-order valence-electron chi connectivity index (χ1n) is 23.8. The zero-order valence-electron chi connectivity index (χ0n) is 38.0. The number of amides is 1. The highest BCUT2D eigenvalue weighted by Gasteiger charge is 2.48. The Bertz CT molecular complexity index is 1350. The van der Waals surface area contributed by atoms with Crippen molar-refractivity contribution >= 4 is 16.3 Å². The van der Waals surface area contributed by atoms with Gasteiger partial charge in [0.25, 0.3) is 0 Å². The smallest absolute Gasteiger partial charge is 0.394 e. The quantitative estimate of drug-likeness (QED) is 0.0134. The SMILES string of the molecule is CCCCC/C=C\C=C/CCCCCCCC(O)C(=O)NC(COC1OC(CO)C(O)C(OS(=O)(=O)O)C1O)C(O)/C=C/CC/C=C/CC/C=C/CCCCCCCCCCC. The summed E-state index contributed by atoms with van der Waals surface area (Å²) in [5, 5.41) is 55.2. The summed E-state index contributed by atoms with van der Waals surface area (Å²) in [6.07, 6.45) is 35.9. The summed E-state index contributed by atoms with van der Waals surface area (Å²) in [5.74, 6) is -0.731. The third-order valence-corrected chi connectivity index (χ3v) is 11.3. The standard InChI is InChI=1S/C48H85NO12S/c1-3-5-7-9-11-13-15-17-19-20-21-22-23-25-26-28-30-32-34-36-41(51)40(39-59-48-45(54)46(61-62(56,57)58)44(53)43(38-50)60-48)49-47(55)42(52)37-35-33-31-29-27-24-18-16-14-12-10-8-6-4-2/h12,14,16,18,21-22,26,28,34,36,40-46,48,50-54H,3-11,13,15,17,19-20,23-25,27,29-33,35,37-39H2,1-2H3,(H,49,55)(H,56,57,58)/b14-12-,18-16-,22-21+,28-26+,36-34+. The molecule has 1 aliphatic rings. The first-order chi connectivity index (χ1) is 29.9. The van der Waals surface area contributed by atoms with Crippen molar-refractivity contribution in [2.45, 2.75) is 223 Å². The van der Waals surface area contributed by atoms with Crippen LogP contribution in [0.5, 0.6) is 0 Å². The van der Waals surface area contributed by atoms with Crippen LogP contribution in [0.4, 0.5) is 0 Å². The molecule has 8 unspecified atom stereocenters. The summed E-state index contributed by atoms with van der Waals surface area (Å²) in [6, 6.07) is -1.15. The summed E-state index contributed by atoms with van der Waals surface area (Å²) in [5.41, 5.74) is 0. The molecule has 1 aliphatic heterocycles. The van der Waals surface area contributed by atoms with Gasteiger partial charge >= 0.3 is 10.4 Å². The number of ether oxygens (including phenoxy) is 2. The maximum Gasteiger partial charge on any atom is 0.397 e. The number of aliphatic hydroxyl groups excluding tert-OH is 5. The van der Waals surface area contributed by atoms with E-state index in [0.717, 1.165) is 64.2 Å². The largest absolute Gasteiger partial charge is 0.397 e. The summed E-state index contributed by atoms with van der Waals surface area (Å²) in [4.78, 5) is 13.1. The third kappa shape index (κ3) is 30.0. The van der Waals surface area contributed by atoms with E-state index in [-0.39, 0.29) is 6.42 Å². The lowest BCUT2D eigenvalue weighted by Gasteiger charge is -2.41. The maximum absolute atomic E-state index is 13.1. The van der Waals surface area contributed by atoms with Crippen molar-refractivity contribution in [2.24, 2.45) is 0 Å². The van der Waals surface area contributed by atoms with Crippen LogP contribution in [-0.4, -0.2) is 107 Å². The Morgan fingerprint density at radius 3 is 1.68 bits per heavy atom. The van der Waals surface area contributed by atoms with Crippen LogP contribution in [0.25, 0.3) is 0 Å². The van der Waals surface area contributed by atoms with Crippen LogP contribution >= 0.6 is 0 Å². The molecule has 1 fully saturated rings. The van der Waals surface area contributed by atoms with Gasteiger partial charge in [-0.15, -0.1) is 0 Å². The molecule has 14 heteroatoms. The van der Waals surface area contributed by atoms with Crippen LogP contribution in [0.1, 0.15) is 174 Å². The molecule has 360 valence electrons. The maximum atomic E-state index is 13.1. The minimum atomic E-state index is -5.13. The van der Waals surface area contributed by atoms with Crippen molar-refractivity contribution < 1.29 is 57.0 Å². The Kier molecular flexibility index (Phi) is 35.5. The van der Waals surface area contributed by atoms with Gasteiger partial charge in [0.1, 0.15) is 30.5 Å². The molecule has 1 rings (SSSR count). The zero-order chi connectivity index (χ0) is 45.7. The highest BCUT2D eigenvalue weighted by Crippen LogP contribution is 2.26. The van der Waals surface area contributed by atoms with E-state index >= 15 is 0 Å². The first kappa shape index (κ1) is 57.8. The molecule has 8 atom stereocenters. The van der Waals surface area contributed by atoms with Gasteiger partial charge in [-0.3, -0.25) is 9.35 Å². The zero-order valence-corrected chi connectivity index (χ0v) is 38.8. The molecule has 7 N–H and O–H groups in total. The van der Waals surface area contributed by atoms with Crippen LogP contribution in [0.15, 0.2) is 60.8 Å². The van der Waals surface area contributed by atoms with E-state index < -0.39 is 78.5 Å². The Labute approximate surface area is 374 Å². The predicted molar refractivity (Wildman–Crippen MR) is 247 cm³/mol. The average Bonchev–Trinajstić information content (AvgIpc) is 3.24. The first-order valence-corrected chi connectivity index (χ1v) is 25.2. The van der Waals surface area contributed by atoms with E-state index in [4.69, 9.17) is 9.47 Å². The lowest BCUT2D eigenvalue weighted by Crippen LogP contribution is -2.61. The fourth-order valence-electron chi connectivity index (χ4n) is 7.07. The second-order valence-electron chi connectivity index (χ2n) is 16.5. The fourth-order valence-corrected chi connectivity index (χ4v) is 7.58. The molecule has 62 heavy (non-hydrogen) atoms. The third-order valence-electron chi connectivity index (χ3n) is 10.9. The van der Waals surface area contributed by atoms with E-state index in [1.54, 1.807) is 6.08 Å². The normalized spacial score (nSPS) is 21.6. The molecule has 1 amide bonds. The van der Waals surface area contributed by atoms with E-state index in [9.17, 15) is 43.3 Å². The molecule has 0 aromatic rings. The molecule has 0 saturated carbocycles. The van der Waals surface area contributed by atoms with Crippen LogP contribution in [-0.2, 0) is 28.9 Å². The molecular weight excluding hydrogens is 815 g/mol. The lowest BCUT2D eigenvalue weighted by atomic mass is 9.99. The van der Waals surface area contributed by atoms with Crippen LogP contribution in [0.3, 0.4) is 0 Å². The molecule has 1 heterocycles. The predicted octanol–water partition coefficient (Wildman–Crippen LogP) is 8.41. The van der Waals surface area contributed by atoms with Crippen LogP contribution < -0.4 is 5.32 Å². The molecule has 1 saturated heterocycles. The van der Waals surface area contributed by atoms with Crippen molar-refractivity contribution in [3.8, 4) is 0 Å². The number of nitrogens with one attached hydrogen (secondary N) is 1. The lowest BCUT2D eigenvalue weighted by molar-refractivity contribution is -0.298. The van der Waals surface area contributed by atoms with Gasteiger partial charge in [-0.1, -0.05) is 164 Å². The number of allylic oxidation sites excluding steroid dienone is 9. The van der Waals surface area contributed by atoms with Crippen molar-refractivity contribution in [3.05, 3.63) is 60.8 Å².